The number of hydrogen-bond acceptors (Lipinski definition) is 4. The Balaban J connectivity index is 1.73. The molecule has 3 rings (SSSR count). The van der Waals surface area contributed by atoms with Crippen LogP contribution >= 0.6 is 0 Å². The Bertz CT molecular complexity index is 807. The van der Waals surface area contributed by atoms with Crippen molar-refractivity contribution in [3.05, 3.63) is 69.5 Å². The number of amides is 1. The standard InChI is InChI=1S/C18H17FN2O4/c1-25-15-5-2-12(3-6-15)13-8-9-20(11-13)18(22)16-7-4-14(21(23)24)10-17(16)19/h2-7,10,13H,8-9,11H2,1H3/t13-/m0/s1. The van der Waals surface area contributed by atoms with Gasteiger partial charge in [0.2, 0.25) is 0 Å². The molecule has 0 N–H and O–H groups in total. The molecular formula is C18H17FN2O4. The van der Waals surface area contributed by atoms with E-state index in [9.17, 15) is 19.3 Å². The number of nitro groups is 1. The second-order valence-corrected chi connectivity index (χ2v) is 5.93. The van der Waals surface area contributed by atoms with Crippen LogP contribution < -0.4 is 4.74 Å². The number of carbonyl (C=O) groups excluding carboxylic acids is 1. The SMILES string of the molecule is COc1ccc([C@H]2CCN(C(=O)c3ccc([N+](=O)[O-])cc3F)C2)cc1. The molecule has 2 aromatic rings. The van der Waals surface area contributed by atoms with Gasteiger partial charge in [-0.2, -0.15) is 0 Å². The molecule has 1 aliphatic rings. The highest BCUT2D eigenvalue weighted by molar-refractivity contribution is 5.95. The fourth-order valence-electron chi connectivity index (χ4n) is 3.05. The fraction of sp³-hybridized carbons (Fsp3) is 0.278. The average molecular weight is 344 g/mol. The van der Waals surface area contributed by atoms with Gasteiger partial charge in [0.15, 0.2) is 0 Å². The van der Waals surface area contributed by atoms with Crippen molar-refractivity contribution in [1.29, 1.82) is 0 Å². The van der Waals surface area contributed by atoms with Gasteiger partial charge >= 0.3 is 0 Å². The molecule has 6 nitrogen and oxygen atoms in total. The van der Waals surface area contributed by atoms with Crippen molar-refractivity contribution < 1.29 is 18.8 Å². The quantitative estimate of drug-likeness (QED) is 0.630. The number of halogens is 1. The molecule has 25 heavy (non-hydrogen) atoms. The summed E-state index contributed by atoms with van der Waals surface area (Å²) < 4.78 is 19.2. The summed E-state index contributed by atoms with van der Waals surface area (Å²) >= 11 is 0. The minimum absolute atomic E-state index is 0.138. The molecule has 1 saturated heterocycles. The highest BCUT2D eigenvalue weighted by Gasteiger charge is 2.29. The lowest BCUT2D eigenvalue weighted by molar-refractivity contribution is -0.385. The van der Waals surface area contributed by atoms with E-state index in [1.54, 1.807) is 12.0 Å². The molecule has 1 amide bonds. The highest BCUT2D eigenvalue weighted by atomic mass is 19.1. The lowest BCUT2D eigenvalue weighted by Gasteiger charge is -2.17. The number of likely N-dealkylation sites (tertiary alicyclic amines) is 1. The Morgan fingerprint density at radius 2 is 2.00 bits per heavy atom. The summed E-state index contributed by atoms with van der Waals surface area (Å²) in [4.78, 5) is 24.1. The molecule has 0 aromatic heterocycles. The Labute approximate surface area is 144 Å². The smallest absolute Gasteiger partial charge is 0.272 e. The van der Waals surface area contributed by atoms with Crippen LogP contribution in [-0.2, 0) is 0 Å². The maximum absolute atomic E-state index is 14.1. The first kappa shape index (κ1) is 16.9. The van der Waals surface area contributed by atoms with Crippen molar-refractivity contribution in [3.8, 4) is 5.75 Å². The van der Waals surface area contributed by atoms with E-state index in [1.165, 1.54) is 6.07 Å². The van der Waals surface area contributed by atoms with Crippen molar-refractivity contribution in [1.82, 2.24) is 4.90 Å². The number of benzene rings is 2. The minimum Gasteiger partial charge on any atom is -0.497 e. The topological polar surface area (TPSA) is 72.7 Å². The molecule has 7 heteroatoms. The van der Waals surface area contributed by atoms with Crippen molar-refractivity contribution in [3.63, 3.8) is 0 Å². The van der Waals surface area contributed by atoms with Gasteiger partial charge < -0.3 is 9.64 Å². The van der Waals surface area contributed by atoms with E-state index in [2.05, 4.69) is 0 Å². The zero-order valence-electron chi connectivity index (χ0n) is 13.6. The number of methoxy groups -OCH3 is 1. The molecule has 0 aliphatic carbocycles. The molecule has 1 fully saturated rings. The number of hydrogen-bond donors (Lipinski definition) is 0. The van der Waals surface area contributed by atoms with Crippen molar-refractivity contribution in [2.75, 3.05) is 20.2 Å². The molecule has 2 aromatic carbocycles. The van der Waals surface area contributed by atoms with Crippen LogP contribution in [0, 0.1) is 15.9 Å². The fourth-order valence-corrected chi connectivity index (χ4v) is 3.05. The van der Waals surface area contributed by atoms with Gasteiger partial charge in [-0.3, -0.25) is 14.9 Å². The predicted molar refractivity (Wildman–Crippen MR) is 89.3 cm³/mol. The van der Waals surface area contributed by atoms with Crippen LogP contribution in [0.3, 0.4) is 0 Å². The molecule has 130 valence electrons. The van der Waals surface area contributed by atoms with E-state index in [4.69, 9.17) is 4.74 Å². The van der Waals surface area contributed by atoms with Crippen molar-refractivity contribution >= 4 is 11.6 Å². The maximum atomic E-state index is 14.1. The minimum atomic E-state index is -0.868. The van der Waals surface area contributed by atoms with Gasteiger partial charge in [-0.05, 0) is 30.2 Å². The number of rotatable bonds is 4. The van der Waals surface area contributed by atoms with Crippen molar-refractivity contribution in [2.45, 2.75) is 12.3 Å². The molecule has 0 radical (unpaired) electrons. The van der Waals surface area contributed by atoms with E-state index in [1.807, 2.05) is 24.3 Å². The zero-order chi connectivity index (χ0) is 18.0. The summed E-state index contributed by atoms with van der Waals surface area (Å²) in [6, 6.07) is 10.8. The number of carbonyl (C=O) groups is 1. The number of nitrogens with zero attached hydrogens (tertiary/aromatic N) is 2. The lowest BCUT2D eigenvalue weighted by atomic mass is 9.98. The van der Waals surface area contributed by atoms with Gasteiger partial charge in [-0.15, -0.1) is 0 Å². The molecule has 1 atom stereocenters. The van der Waals surface area contributed by atoms with Crippen LogP contribution in [-0.4, -0.2) is 35.9 Å². The summed E-state index contributed by atoms with van der Waals surface area (Å²) in [5.74, 6) is -0.367. The van der Waals surface area contributed by atoms with Crippen LogP contribution in [0.1, 0.15) is 28.3 Å². The van der Waals surface area contributed by atoms with Crippen LogP contribution in [0.5, 0.6) is 5.75 Å². The Kier molecular flexibility index (Phi) is 4.65. The van der Waals surface area contributed by atoms with Gasteiger partial charge in [0, 0.05) is 25.1 Å². The molecule has 0 saturated carbocycles. The molecular weight excluding hydrogens is 327 g/mol. The third-order valence-electron chi connectivity index (χ3n) is 4.46. The monoisotopic (exact) mass is 344 g/mol. The van der Waals surface area contributed by atoms with E-state index >= 15 is 0 Å². The maximum Gasteiger partial charge on any atom is 0.272 e. The first-order valence-electron chi connectivity index (χ1n) is 7.86. The van der Waals surface area contributed by atoms with Gasteiger partial charge in [0.25, 0.3) is 11.6 Å². The average Bonchev–Trinajstić information content (AvgIpc) is 3.11. The molecule has 1 aliphatic heterocycles. The highest BCUT2D eigenvalue weighted by Crippen LogP contribution is 2.30. The lowest BCUT2D eigenvalue weighted by Crippen LogP contribution is -2.29. The summed E-state index contributed by atoms with van der Waals surface area (Å²) in [5.41, 5.74) is 0.591. The second-order valence-electron chi connectivity index (χ2n) is 5.93. The summed E-state index contributed by atoms with van der Waals surface area (Å²) in [6.45, 7) is 1.01. The Morgan fingerprint density at radius 3 is 2.60 bits per heavy atom. The van der Waals surface area contributed by atoms with E-state index < -0.39 is 16.6 Å². The van der Waals surface area contributed by atoms with E-state index in [0.29, 0.717) is 13.1 Å². The van der Waals surface area contributed by atoms with Gasteiger partial charge in [0.1, 0.15) is 11.6 Å². The first-order valence-corrected chi connectivity index (χ1v) is 7.86. The van der Waals surface area contributed by atoms with E-state index in [-0.39, 0.29) is 17.2 Å². The zero-order valence-corrected chi connectivity index (χ0v) is 13.6. The summed E-state index contributed by atoms with van der Waals surface area (Å²) in [6.07, 6.45) is 0.784. The normalized spacial score (nSPS) is 16.7. The number of ether oxygens (including phenoxy) is 1. The number of nitro benzene ring substituents is 1. The first-order chi connectivity index (χ1) is 12.0. The van der Waals surface area contributed by atoms with Crippen LogP contribution in [0.4, 0.5) is 10.1 Å². The summed E-state index contributed by atoms with van der Waals surface area (Å²) in [7, 11) is 1.60. The number of non-ortho nitro benzene ring substituents is 1. The summed E-state index contributed by atoms with van der Waals surface area (Å²) in [5, 5.41) is 10.7. The van der Waals surface area contributed by atoms with Crippen LogP contribution in [0.15, 0.2) is 42.5 Å². The third kappa shape index (κ3) is 3.45. The molecule has 1 heterocycles. The largest absolute Gasteiger partial charge is 0.497 e. The predicted octanol–water partition coefficient (Wildman–Crippen LogP) is 3.37. The third-order valence-corrected chi connectivity index (χ3v) is 4.46. The van der Waals surface area contributed by atoms with Crippen molar-refractivity contribution in [2.24, 2.45) is 0 Å². The second kappa shape index (κ2) is 6.88. The van der Waals surface area contributed by atoms with Gasteiger partial charge in [-0.25, -0.2) is 4.39 Å². The Morgan fingerprint density at radius 1 is 1.28 bits per heavy atom. The van der Waals surface area contributed by atoms with Crippen LogP contribution in [0.25, 0.3) is 0 Å². The van der Waals surface area contributed by atoms with Crippen LogP contribution in [0.2, 0.25) is 0 Å². The van der Waals surface area contributed by atoms with Gasteiger partial charge in [0.05, 0.1) is 23.7 Å². The molecule has 0 spiro atoms. The molecule has 0 bridgehead atoms. The van der Waals surface area contributed by atoms with Gasteiger partial charge in [-0.1, -0.05) is 12.1 Å². The molecule has 0 unspecified atom stereocenters. The van der Waals surface area contributed by atoms with E-state index in [0.717, 1.165) is 29.9 Å². The Hall–Kier alpha value is -2.96.